The van der Waals surface area contributed by atoms with E-state index in [-0.39, 0.29) is 5.75 Å². The Morgan fingerprint density at radius 2 is 1.92 bits per heavy atom. The third-order valence-electron chi connectivity index (χ3n) is 1.90. The predicted molar refractivity (Wildman–Crippen MR) is 51.2 cm³/mol. The van der Waals surface area contributed by atoms with Crippen molar-refractivity contribution in [1.29, 1.82) is 0 Å². The molecule has 13 heavy (non-hydrogen) atoms. The number of hydrogen-bond donors (Lipinski definition) is 1. The van der Waals surface area contributed by atoms with Crippen LogP contribution in [-0.4, -0.2) is 11.7 Å². The van der Waals surface area contributed by atoms with Crippen LogP contribution in [0.4, 0.5) is 0 Å². The number of hydrogen-bond acceptors (Lipinski definition) is 2. The average Bonchev–Trinajstić information content (AvgIpc) is 2.20. The van der Waals surface area contributed by atoms with Crippen molar-refractivity contribution in [1.82, 2.24) is 0 Å². The summed E-state index contributed by atoms with van der Waals surface area (Å²) in [5.41, 5.74) is 2.08. The first-order valence-corrected chi connectivity index (χ1v) is 4.14. The van der Waals surface area contributed by atoms with Gasteiger partial charge in [-0.3, -0.25) is 0 Å². The van der Waals surface area contributed by atoms with E-state index in [1.165, 1.54) is 0 Å². The molecule has 1 aromatic carbocycles. The molecule has 0 radical (unpaired) electrons. The van der Waals surface area contributed by atoms with Crippen LogP contribution in [0.3, 0.4) is 0 Å². The Balaban J connectivity index is 2.30. The van der Waals surface area contributed by atoms with Crippen molar-refractivity contribution in [3.05, 3.63) is 48.2 Å². The summed E-state index contributed by atoms with van der Waals surface area (Å²) in [5, 5.41) is 9.09. The maximum absolute atomic E-state index is 9.09. The molecule has 2 rings (SSSR count). The molecular formula is C11H10O2. The summed E-state index contributed by atoms with van der Waals surface area (Å²) in [5.74, 6) is 0.282. The third-order valence-corrected chi connectivity index (χ3v) is 1.90. The largest absolute Gasteiger partial charge is 0.508 e. The molecule has 1 aromatic rings. The summed E-state index contributed by atoms with van der Waals surface area (Å²) in [6.45, 7) is 0.640. The van der Waals surface area contributed by atoms with Crippen LogP contribution in [0, 0.1) is 0 Å². The van der Waals surface area contributed by atoms with Crippen LogP contribution in [0.1, 0.15) is 5.56 Å². The Kier molecular flexibility index (Phi) is 2.04. The molecule has 0 aromatic heterocycles. The highest BCUT2D eigenvalue weighted by Gasteiger charge is 2.00. The van der Waals surface area contributed by atoms with E-state index < -0.39 is 0 Å². The highest BCUT2D eigenvalue weighted by molar-refractivity contribution is 5.73. The predicted octanol–water partition coefficient (Wildman–Crippen LogP) is 2.32. The zero-order valence-corrected chi connectivity index (χ0v) is 7.10. The fourth-order valence-electron chi connectivity index (χ4n) is 1.23. The molecule has 1 aliphatic rings. The van der Waals surface area contributed by atoms with Crippen molar-refractivity contribution in [3.8, 4) is 5.75 Å². The Morgan fingerprint density at radius 3 is 2.54 bits per heavy atom. The first-order chi connectivity index (χ1) is 6.36. The van der Waals surface area contributed by atoms with E-state index in [1.807, 2.05) is 24.3 Å². The number of benzene rings is 1. The Labute approximate surface area is 76.8 Å². The zero-order valence-electron chi connectivity index (χ0n) is 7.10. The van der Waals surface area contributed by atoms with Crippen molar-refractivity contribution in [2.45, 2.75) is 0 Å². The van der Waals surface area contributed by atoms with Crippen LogP contribution in [0.5, 0.6) is 5.75 Å². The van der Waals surface area contributed by atoms with E-state index in [9.17, 15) is 0 Å². The van der Waals surface area contributed by atoms with E-state index in [2.05, 4.69) is 0 Å². The minimum atomic E-state index is 0.282. The molecule has 0 aliphatic carbocycles. The molecule has 0 bridgehead atoms. The van der Waals surface area contributed by atoms with E-state index in [0.29, 0.717) is 6.61 Å². The molecule has 2 heteroatoms. The monoisotopic (exact) mass is 174 g/mol. The number of phenolic OH excluding ortho intramolecular Hbond substituents is 1. The molecule has 1 aliphatic heterocycles. The molecule has 1 N–H and O–H groups in total. The van der Waals surface area contributed by atoms with Crippen LogP contribution in [0.15, 0.2) is 42.7 Å². The summed E-state index contributed by atoms with van der Waals surface area (Å²) < 4.78 is 5.16. The molecule has 0 amide bonds. The van der Waals surface area contributed by atoms with Gasteiger partial charge in [0.05, 0.1) is 6.26 Å². The Hall–Kier alpha value is -1.70. The summed E-state index contributed by atoms with van der Waals surface area (Å²) in [7, 11) is 0. The van der Waals surface area contributed by atoms with Crippen molar-refractivity contribution in [3.63, 3.8) is 0 Å². The van der Waals surface area contributed by atoms with Crippen LogP contribution in [0.25, 0.3) is 5.57 Å². The Bertz CT molecular complexity index is 347. The molecule has 0 saturated heterocycles. The van der Waals surface area contributed by atoms with Gasteiger partial charge in [0.25, 0.3) is 0 Å². The molecule has 0 fully saturated rings. The maximum Gasteiger partial charge on any atom is 0.115 e. The lowest BCUT2D eigenvalue weighted by molar-refractivity contribution is 0.288. The molecular weight excluding hydrogens is 164 g/mol. The summed E-state index contributed by atoms with van der Waals surface area (Å²) in [4.78, 5) is 0. The second kappa shape index (κ2) is 3.35. The van der Waals surface area contributed by atoms with E-state index in [0.717, 1.165) is 11.1 Å². The van der Waals surface area contributed by atoms with Crippen LogP contribution < -0.4 is 0 Å². The minimum absolute atomic E-state index is 0.282. The third kappa shape index (κ3) is 1.72. The molecule has 1 heterocycles. The first kappa shape index (κ1) is 7.92. The standard InChI is InChI=1S/C11H10O2/c12-11-5-3-9(4-6-11)10-2-1-7-13-8-10/h1-6,8,12H,7H2. The van der Waals surface area contributed by atoms with Gasteiger partial charge in [-0.1, -0.05) is 18.2 Å². The number of rotatable bonds is 1. The van der Waals surface area contributed by atoms with Crippen LogP contribution >= 0.6 is 0 Å². The Morgan fingerprint density at radius 1 is 1.15 bits per heavy atom. The summed E-state index contributed by atoms with van der Waals surface area (Å²) >= 11 is 0. The summed E-state index contributed by atoms with van der Waals surface area (Å²) in [6.07, 6.45) is 5.70. The van der Waals surface area contributed by atoms with Gasteiger partial charge >= 0.3 is 0 Å². The lowest BCUT2D eigenvalue weighted by atomic mass is 10.1. The second-order valence-electron chi connectivity index (χ2n) is 2.86. The van der Waals surface area contributed by atoms with Gasteiger partial charge in [0.15, 0.2) is 0 Å². The van der Waals surface area contributed by atoms with E-state index in [1.54, 1.807) is 18.4 Å². The molecule has 66 valence electrons. The normalized spacial score (nSPS) is 14.9. The highest BCUT2D eigenvalue weighted by Crippen LogP contribution is 2.20. The molecule has 0 saturated carbocycles. The van der Waals surface area contributed by atoms with Gasteiger partial charge in [0.1, 0.15) is 12.4 Å². The lowest BCUT2D eigenvalue weighted by Crippen LogP contribution is -1.91. The van der Waals surface area contributed by atoms with Gasteiger partial charge in [-0.05, 0) is 23.8 Å². The van der Waals surface area contributed by atoms with Gasteiger partial charge in [0, 0.05) is 5.57 Å². The minimum Gasteiger partial charge on any atom is -0.508 e. The smallest absolute Gasteiger partial charge is 0.115 e. The fourth-order valence-corrected chi connectivity index (χ4v) is 1.23. The van der Waals surface area contributed by atoms with Crippen molar-refractivity contribution in [2.24, 2.45) is 0 Å². The second-order valence-corrected chi connectivity index (χ2v) is 2.86. The maximum atomic E-state index is 9.09. The lowest BCUT2D eigenvalue weighted by Gasteiger charge is -2.07. The molecule has 0 unspecified atom stereocenters. The van der Waals surface area contributed by atoms with Crippen LogP contribution in [0.2, 0.25) is 0 Å². The van der Waals surface area contributed by atoms with Gasteiger partial charge < -0.3 is 9.84 Å². The van der Waals surface area contributed by atoms with E-state index >= 15 is 0 Å². The topological polar surface area (TPSA) is 29.5 Å². The quantitative estimate of drug-likeness (QED) is 0.708. The van der Waals surface area contributed by atoms with Crippen molar-refractivity contribution < 1.29 is 9.84 Å². The number of phenols is 1. The number of aromatic hydroxyl groups is 1. The average molecular weight is 174 g/mol. The highest BCUT2D eigenvalue weighted by atomic mass is 16.5. The van der Waals surface area contributed by atoms with Gasteiger partial charge in [-0.25, -0.2) is 0 Å². The summed E-state index contributed by atoms with van der Waals surface area (Å²) in [6, 6.07) is 7.05. The van der Waals surface area contributed by atoms with Gasteiger partial charge in [-0.15, -0.1) is 0 Å². The van der Waals surface area contributed by atoms with Gasteiger partial charge in [-0.2, -0.15) is 0 Å². The zero-order chi connectivity index (χ0) is 9.10. The van der Waals surface area contributed by atoms with Crippen molar-refractivity contribution >= 4 is 5.57 Å². The molecule has 2 nitrogen and oxygen atoms in total. The molecule has 0 atom stereocenters. The van der Waals surface area contributed by atoms with Crippen LogP contribution in [-0.2, 0) is 4.74 Å². The SMILES string of the molecule is Oc1ccc(C2=COCC=C2)cc1. The van der Waals surface area contributed by atoms with Gasteiger partial charge in [0.2, 0.25) is 0 Å². The van der Waals surface area contributed by atoms with E-state index in [4.69, 9.17) is 9.84 Å². The number of ether oxygens (including phenoxy) is 1. The van der Waals surface area contributed by atoms with Crippen molar-refractivity contribution in [2.75, 3.05) is 6.61 Å². The first-order valence-electron chi connectivity index (χ1n) is 4.14. The fraction of sp³-hybridized carbons (Fsp3) is 0.0909. The molecule has 0 spiro atoms. The number of allylic oxidation sites excluding steroid dienone is 2.